The van der Waals surface area contributed by atoms with E-state index in [2.05, 4.69) is 92.5 Å². The van der Waals surface area contributed by atoms with E-state index in [4.69, 9.17) is 4.42 Å². The van der Waals surface area contributed by atoms with Crippen LogP contribution in [0.1, 0.15) is 0 Å². The van der Waals surface area contributed by atoms with E-state index in [-0.39, 0.29) is 0 Å². The molecular formula is C23H15Br2O+. The molecule has 26 heavy (non-hydrogen) atoms. The monoisotopic (exact) mass is 465 g/mol. The number of hydrogen-bond acceptors (Lipinski definition) is 0. The Morgan fingerprint density at radius 3 is 1.46 bits per heavy atom. The molecule has 0 spiro atoms. The predicted molar refractivity (Wildman–Crippen MR) is 115 cm³/mol. The summed E-state index contributed by atoms with van der Waals surface area (Å²) in [6.07, 6.45) is 0. The van der Waals surface area contributed by atoms with Crippen LogP contribution in [-0.4, -0.2) is 0 Å². The first-order chi connectivity index (χ1) is 12.7. The van der Waals surface area contributed by atoms with Crippen molar-refractivity contribution in [2.45, 2.75) is 0 Å². The third-order valence-electron chi connectivity index (χ3n) is 4.16. The van der Waals surface area contributed by atoms with Crippen molar-refractivity contribution in [3.05, 3.63) is 99.9 Å². The van der Waals surface area contributed by atoms with E-state index in [1.165, 1.54) is 0 Å². The third kappa shape index (κ3) is 3.79. The summed E-state index contributed by atoms with van der Waals surface area (Å²) in [4.78, 5) is 0. The van der Waals surface area contributed by atoms with Gasteiger partial charge in [0.05, 0.1) is 23.3 Å². The van der Waals surface area contributed by atoms with Crippen molar-refractivity contribution in [2.75, 3.05) is 0 Å². The van der Waals surface area contributed by atoms with Gasteiger partial charge in [-0.2, -0.15) is 0 Å². The maximum Gasteiger partial charge on any atom is 0.361 e. The largest absolute Gasteiger partial charge is 0.361 e. The molecule has 1 aromatic heterocycles. The van der Waals surface area contributed by atoms with Crippen LogP contribution in [0.5, 0.6) is 0 Å². The Morgan fingerprint density at radius 1 is 0.462 bits per heavy atom. The fraction of sp³-hybridized carbons (Fsp3) is 0. The van der Waals surface area contributed by atoms with E-state index in [0.717, 1.165) is 42.7 Å². The van der Waals surface area contributed by atoms with Crippen molar-refractivity contribution in [1.29, 1.82) is 0 Å². The Bertz CT molecular complexity index is 960. The molecule has 3 heteroatoms. The highest BCUT2D eigenvalue weighted by molar-refractivity contribution is 9.10. The molecule has 0 atom stereocenters. The van der Waals surface area contributed by atoms with Crippen molar-refractivity contribution >= 4 is 31.9 Å². The zero-order valence-corrected chi connectivity index (χ0v) is 17.0. The van der Waals surface area contributed by atoms with E-state index in [9.17, 15) is 0 Å². The molecule has 0 radical (unpaired) electrons. The number of halogens is 2. The Balaban J connectivity index is 1.89. The second kappa shape index (κ2) is 7.56. The molecule has 0 saturated heterocycles. The smallest absolute Gasteiger partial charge is 0.207 e. The van der Waals surface area contributed by atoms with E-state index in [0.29, 0.717) is 0 Å². The van der Waals surface area contributed by atoms with Gasteiger partial charge in [0.15, 0.2) is 0 Å². The Kier molecular flexibility index (Phi) is 5.00. The summed E-state index contributed by atoms with van der Waals surface area (Å²) in [5.74, 6) is 1.70. The van der Waals surface area contributed by atoms with Gasteiger partial charge in [-0.25, -0.2) is 4.42 Å². The molecule has 0 unspecified atom stereocenters. The molecule has 126 valence electrons. The van der Waals surface area contributed by atoms with Crippen LogP contribution in [0.2, 0.25) is 0 Å². The average molecular weight is 467 g/mol. The summed E-state index contributed by atoms with van der Waals surface area (Å²) in [6.45, 7) is 0. The Labute approximate surface area is 169 Å². The van der Waals surface area contributed by atoms with Crippen LogP contribution in [-0.2, 0) is 0 Å². The summed E-state index contributed by atoms with van der Waals surface area (Å²) in [6, 6.07) is 30.9. The van der Waals surface area contributed by atoms with Gasteiger partial charge in [-0.15, -0.1) is 0 Å². The minimum Gasteiger partial charge on any atom is -0.207 e. The summed E-state index contributed by atoms with van der Waals surface area (Å²) in [7, 11) is 0. The molecule has 1 heterocycles. The van der Waals surface area contributed by atoms with Gasteiger partial charge in [-0.05, 0) is 54.1 Å². The summed E-state index contributed by atoms with van der Waals surface area (Å²) in [5, 5.41) is 0. The highest BCUT2D eigenvalue weighted by Gasteiger charge is 2.20. The molecular weight excluding hydrogens is 452 g/mol. The SMILES string of the molecule is Brc1ccc(-c2cc(-c3ccccc3)[o+]c(-c3ccc(Br)cc3)c2)cc1. The van der Waals surface area contributed by atoms with Crippen molar-refractivity contribution < 1.29 is 4.42 Å². The van der Waals surface area contributed by atoms with Crippen LogP contribution in [0.3, 0.4) is 0 Å². The zero-order chi connectivity index (χ0) is 17.9. The first kappa shape index (κ1) is 17.2. The molecule has 0 aliphatic rings. The average Bonchev–Trinajstić information content (AvgIpc) is 2.69. The molecule has 3 aromatic carbocycles. The highest BCUT2D eigenvalue weighted by Crippen LogP contribution is 2.33. The van der Waals surface area contributed by atoms with Crippen molar-refractivity contribution in [2.24, 2.45) is 0 Å². The van der Waals surface area contributed by atoms with Gasteiger partial charge in [0.25, 0.3) is 0 Å². The Morgan fingerprint density at radius 2 is 0.923 bits per heavy atom. The van der Waals surface area contributed by atoms with Crippen molar-refractivity contribution in [3.63, 3.8) is 0 Å². The first-order valence-electron chi connectivity index (χ1n) is 8.24. The van der Waals surface area contributed by atoms with Crippen LogP contribution in [0.15, 0.2) is 104 Å². The molecule has 0 amide bonds. The lowest BCUT2D eigenvalue weighted by atomic mass is 10.0. The molecule has 0 aliphatic heterocycles. The maximum absolute atomic E-state index is 6.25. The van der Waals surface area contributed by atoms with Crippen LogP contribution in [0, 0.1) is 0 Å². The molecule has 4 rings (SSSR count). The molecule has 0 saturated carbocycles. The fourth-order valence-electron chi connectivity index (χ4n) is 2.81. The maximum atomic E-state index is 6.25. The van der Waals surface area contributed by atoms with Crippen LogP contribution in [0.4, 0.5) is 0 Å². The minimum atomic E-state index is 0.844. The Hall–Kier alpha value is -2.23. The van der Waals surface area contributed by atoms with E-state index < -0.39 is 0 Å². The second-order valence-electron chi connectivity index (χ2n) is 5.95. The first-order valence-corrected chi connectivity index (χ1v) is 9.83. The normalized spacial score (nSPS) is 10.7. The third-order valence-corrected chi connectivity index (χ3v) is 5.22. The van der Waals surface area contributed by atoms with Gasteiger partial charge in [-0.1, -0.05) is 62.2 Å². The highest BCUT2D eigenvalue weighted by atomic mass is 79.9. The summed E-state index contributed by atoms with van der Waals surface area (Å²) >= 11 is 7.00. The van der Waals surface area contributed by atoms with E-state index >= 15 is 0 Å². The lowest BCUT2D eigenvalue weighted by Gasteiger charge is -2.03. The standard InChI is InChI=1S/C23H15Br2O/c24-20-10-6-16(7-11-20)19-14-22(17-4-2-1-3-5-17)26-23(15-19)18-8-12-21(25)13-9-18/h1-15H/q+1. The van der Waals surface area contributed by atoms with Gasteiger partial charge in [0, 0.05) is 14.5 Å². The lowest BCUT2D eigenvalue weighted by Crippen LogP contribution is -1.86. The van der Waals surface area contributed by atoms with Crippen molar-refractivity contribution in [3.8, 4) is 33.8 Å². The van der Waals surface area contributed by atoms with Gasteiger partial charge in [0.1, 0.15) is 0 Å². The summed E-state index contributed by atoms with van der Waals surface area (Å²) < 4.78 is 8.37. The predicted octanol–water partition coefficient (Wildman–Crippen LogP) is 8.09. The van der Waals surface area contributed by atoms with E-state index in [1.807, 2.05) is 30.3 Å². The van der Waals surface area contributed by atoms with Gasteiger partial charge < -0.3 is 0 Å². The summed E-state index contributed by atoms with van der Waals surface area (Å²) in [5.41, 5.74) is 4.38. The quantitative estimate of drug-likeness (QED) is 0.277. The zero-order valence-electron chi connectivity index (χ0n) is 13.8. The van der Waals surface area contributed by atoms with Crippen molar-refractivity contribution in [1.82, 2.24) is 0 Å². The van der Waals surface area contributed by atoms with Crippen LogP contribution >= 0.6 is 31.9 Å². The number of hydrogen-bond donors (Lipinski definition) is 0. The van der Waals surface area contributed by atoms with Crippen LogP contribution < -0.4 is 0 Å². The lowest BCUT2D eigenvalue weighted by molar-refractivity contribution is 0.582. The molecule has 0 fully saturated rings. The minimum absolute atomic E-state index is 0.844. The molecule has 0 bridgehead atoms. The van der Waals surface area contributed by atoms with Gasteiger partial charge in [-0.3, -0.25) is 0 Å². The topological polar surface area (TPSA) is 11.3 Å². The van der Waals surface area contributed by atoms with Gasteiger partial charge >= 0.3 is 11.5 Å². The molecule has 0 aliphatic carbocycles. The number of benzene rings is 3. The number of rotatable bonds is 3. The molecule has 0 N–H and O–H groups in total. The molecule has 4 aromatic rings. The van der Waals surface area contributed by atoms with Gasteiger partial charge in [0.2, 0.25) is 0 Å². The van der Waals surface area contributed by atoms with E-state index in [1.54, 1.807) is 0 Å². The second-order valence-corrected chi connectivity index (χ2v) is 7.79. The fourth-order valence-corrected chi connectivity index (χ4v) is 3.34. The van der Waals surface area contributed by atoms with Crippen LogP contribution in [0.25, 0.3) is 33.8 Å². The molecule has 1 nitrogen and oxygen atoms in total.